The van der Waals surface area contributed by atoms with Crippen LogP contribution in [0.15, 0.2) is 40.1 Å². The molecule has 2 aromatic heterocycles. The van der Waals surface area contributed by atoms with Gasteiger partial charge in [-0.1, -0.05) is 0 Å². The van der Waals surface area contributed by atoms with Gasteiger partial charge in [-0.3, -0.25) is 4.55 Å². The lowest BCUT2D eigenvalue weighted by molar-refractivity contribution is 0.122. The molecule has 10 heteroatoms. The van der Waals surface area contributed by atoms with Crippen LogP contribution in [0.5, 0.6) is 0 Å². The maximum atomic E-state index is 13.5. The summed E-state index contributed by atoms with van der Waals surface area (Å²) in [5.74, 6) is 1.08. The third-order valence-corrected chi connectivity index (χ3v) is 9.09. The summed E-state index contributed by atoms with van der Waals surface area (Å²) >= 11 is 1.20. The number of anilines is 2. The van der Waals surface area contributed by atoms with E-state index in [2.05, 4.69) is 14.9 Å². The average molecular weight is 448 g/mol. The summed E-state index contributed by atoms with van der Waals surface area (Å²) in [6, 6.07) is 9.07. The highest BCUT2D eigenvalue weighted by atomic mass is 32.3. The monoisotopic (exact) mass is 447 g/mol. The molecule has 4 rings (SSSR count). The zero-order valence-electron chi connectivity index (χ0n) is 16.9. The molecule has 8 nitrogen and oxygen atoms in total. The van der Waals surface area contributed by atoms with Gasteiger partial charge in [0.2, 0.25) is 0 Å². The first-order chi connectivity index (χ1) is 14.2. The van der Waals surface area contributed by atoms with Crippen LogP contribution >= 0.6 is 11.3 Å². The molecule has 0 amide bonds. The van der Waals surface area contributed by atoms with Gasteiger partial charge in [-0.05, 0) is 31.2 Å². The number of rotatable bonds is 5. The normalized spacial score (nSPS) is 16.2. The minimum atomic E-state index is -4.20. The molecule has 0 atom stereocenters. The lowest BCUT2D eigenvalue weighted by Gasteiger charge is -2.36. The van der Waals surface area contributed by atoms with Crippen molar-refractivity contribution in [3.05, 3.63) is 47.1 Å². The molecule has 0 aliphatic carbocycles. The number of aryl methyl sites for hydroxylation is 1. The Bertz CT molecular complexity index is 1120. The van der Waals surface area contributed by atoms with Crippen LogP contribution in [0.4, 0.5) is 11.5 Å². The van der Waals surface area contributed by atoms with Gasteiger partial charge in [0.25, 0.3) is 0 Å². The molecule has 1 fully saturated rings. The molecule has 1 aliphatic rings. The lowest BCUT2D eigenvalue weighted by atomic mass is 10.2. The van der Waals surface area contributed by atoms with E-state index in [4.69, 9.17) is 15.5 Å². The summed E-state index contributed by atoms with van der Waals surface area (Å²) < 4.78 is 30.3. The van der Waals surface area contributed by atoms with Crippen molar-refractivity contribution < 1.29 is 13.5 Å². The molecular weight excluding hydrogens is 422 g/mol. The first kappa shape index (κ1) is 20.9. The smallest absolute Gasteiger partial charge is 0.198 e. The molecule has 0 spiro atoms. The zero-order valence-corrected chi connectivity index (χ0v) is 18.6. The van der Waals surface area contributed by atoms with Crippen molar-refractivity contribution in [2.24, 2.45) is 0 Å². The van der Waals surface area contributed by atoms with Crippen molar-refractivity contribution in [3.8, 4) is 11.4 Å². The standard InChI is InChI=1S/C20H25N5O3S2/c1-14-12-29-20(22-14)30(2,26,27)13-17-11-18(25-7-9-28-10-8-25)24-19(23-17)15-3-5-16(21)6-4-15/h3-6,11-12H,7-10,13,21H2,1-2H3,(H,26,27). The van der Waals surface area contributed by atoms with Crippen molar-refractivity contribution in [1.29, 1.82) is 0 Å². The highest BCUT2D eigenvalue weighted by Gasteiger charge is 2.30. The third-order valence-electron chi connectivity index (χ3n) is 4.80. The highest BCUT2D eigenvalue weighted by molar-refractivity contribution is 8.15. The predicted molar refractivity (Wildman–Crippen MR) is 120 cm³/mol. The lowest BCUT2D eigenvalue weighted by Crippen LogP contribution is -2.37. The van der Waals surface area contributed by atoms with Crippen LogP contribution in [0.1, 0.15) is 11.4 Å². The predicted octanol–water partition coefficient (Wildman–Crippen LogP) is 2.81. The van der Waals surface area contributed by atoms with Gasteiger partial charge in [0, 0.05) is 42.0 Å². The van der Waals surface area contributed by atoms with Crippen LogP contribution in [-0.4, -0.2) is 56.3 Å². The Morgan fingerprint density at radius 2 is 1.90 bits per heavy atom. The van der Waals surface area contributed by atoms with Crippen LogP contribution in [0.3, 0.4) is 0 Å². The molecule has 0 unspecified atom stereocenters. The van der Waals surface area contributed by atoms with Crippen LogP contribution in [-0.2, 0) is 19.8 Å². The van der Waals surface area contributed by atoms with Crippen LogP contribution in [0.25, 0.3) is 11.4 Å². The Morgan fingerprint density at radius 1 is 1.20 bits per heavy atom. The average Bonchev–Trinajstić information content (AvgIpc) is 3.16. The Morgan fingerprint density at radius 3 is 2.53 bits per heavy atom. The minimum Gasteiger partial charge on any atom is -0.399 e. The second-order valence-corrected chi connectivity index (χ2v) is 12.4. The summed E-state index contributed by atoms with van der Waals surface area (Å²) in [7, 11) is -4.20. The molecule has 0 radical (unpaired) electrons. The molecular formula is C20H25N5O3S2. The fraction of sp³-hybridized carbons (Fsp3) is 0.350. The maximum Gasteiger partial charge on any atom is 0.198 e. The van der Waals surface area contributed by atoms with Crippen molar-refractivity contribution in [2.75, 3.05) is 43.2 Å². The number of nitrogens with two attached hydrogens (primary N) is 1. The Hall–Kier alpha value is -2.40. The number of hydrogen-bond donors (Lipinski definition) is 2. The first-order valence-electron chi connectivity index (χ1n) is 9.54. The Kier molecular flexibility index (Phi) is 5.35. The zero-order chi connectivity index (χ0) is 21.4. The summed E-state index contributed by atoms with van der Waals surface area (Å²) in [4.78, 5) is 15.7. The molecule has 1 saturated heterocycles. The van der Waals surface area contributed by atoms with Gasteiger partial charge in [0.05, 0.1) is 30.4 Å². The van der Waals surface area contributed by atoms with Gasteiger partial charge >= 0.3 is 0 Å². The fourth-order valence-corrected chi connectivity index (χ4v) is 6.43. The molecule has 0 bridgehead atoms. The molecule has 1 aliphatic heterocycles. The molecule has 30 heavy (non-hydrogen) atoms. The van der Waals surface area contributed by atoms with Gasteiger partial charge in [-0.2, -0.15) is 0 Å². The van der Waals surface area contributed by atoms with E-state index in [1.165, 1.54) is 17.6 Å². The number of ether oxygens (including phenoxy) is 1. The number of thiazole rings is 1. The second-order valence-electron chi connectivity index (χ2n) is 7.64. The fourth-order valence-electron chi connectivity index (χ4n) is 3.26. The van der Waals surface area contributed by atoms with E-state index in [9.17, 15) is 8.76 Å². The van der Waals surface area contributed by atoms with Crippen molar-refractivity contribution in [2.45, 2.75) is 17.0 Å². The molecule has 3 aromatic rings. The van der Waals surface area contributed by atoms with Crippen LogP contribution in [0, 0.1) is 6.92 Å². The van der Waals surface area contributed by atoms with E-state index >= 15 is 0 Å². The molecule has 3 N–H and O–H groups in total. The maximum absolute atomic E-state index is 13.5. The summed E-state index contributed by atoms with van der Waals surface area (Å²) in [5, 5.41) is 1.78. The van der Waals surface area contributed by atoms with Crippen molar-refractivity contribution >= 4 is 32.2 Å². The van der Waals surface area contributed by atoms with E-state index in [0.717, 1.165) is 11.3 Å². The SMILES string of the molecule is Cc1csc(S(C)(=O)(O)Cc2cc(N3CCOCC3)nc(-c3ccc(N)cc3)n2)n1. The Balaban J connectivity index is 1.77. The highest BCUT2D eigenvalue weighted by Crippen LogP contribution is 2.36. The third kappa shape index (κ3) is 4.51. The van der Waals surface area contributed by atoms with E-state index < -0.39 is 9.35 Å². The number of aromatic nitrogens is 3. The summed E-state index contributed by atoms with van der Waals surface area (Å²) in [6.07, 6.45) is 1.36. The summed E-state index contributed by atoms with van der Waals surface area (Å²) in [6.45, 7) is 4.44. The van der Waals surface area contributed by atoms with Gasteiger partial charge in [0.1, 0.15) is 5.82 Å². The molecule has 3 heterocycles. The van der Waals surface area contributed by atoms with Gasteiger partial charge in [0.15, 0.2) is 10.2 Å². The number of morpholine rings is 1. The van der Waals surface area contributed by atoms with E-state index in [0.29, 0.717) is 49.3 Å². The number of nitrogen functional groups attached to an aromatic ring is 1. The van der Waals surface area contributed by atoms with Gasteiger partial charge < -0.3 is 15.4 Å². The molecule has 0 saturated carbocycles. The quantitative estimate of drug-likeness (QED) is 0.574. The number of nitrogens with zero attached hydrogens (tertiary/aromatic N) is 4. The number of benzene rings is 1. The molecule has 1 aromatic carbocycles. The van der Waals surface area contributed by atoms with Crippen molar-refractivity contribution in [1.82, 2.24) is 15.0 Å². The Labute approximate surface area is 179 Å². The second kappa shape index (κ2) is 7.69. The van der Waals surface area contributed by atoms with Gasteiger partial charge in [-0.15, -0.1) is 20.7 Å². The van der Waals surface area contributed by atoms with E-state index in [1.54, 1.807) is 23.6 Å². The molecule has 160 valence electrons. The largest absolute Gasteiger partial charge is 0.399 e. The van der Waals surface area contributed by atoms with E-state index in [1.807, 2.05) is 19.1 Å². The van der Waals surface area contributed by atoms with Gasteiger partial charge in [-0.25, -0.2) is 19.2 Å². The van der Waals surface area contributed by atoms with Crippen molar-refractivity contribution in [3.63, 3.8) is 0 Å². The van der Waals surface area contributed by atoms with Crippen LogP contribution in [0.2, 0.25) is 0 Å². The number of hydrogen-bond acceptors (Lipinski definition) is 8. The van der Waals surface area contributed by atoms with E-state index in [-0.39, 0.29) is 10.1 Å². The first-order valence-corrected chi connectivity index (χ1v) is 12.9. The van der Waals surface area contributed by atoms with Crippen LogP contribution < -0.4 is 10.6 Å². The minimum absolute atomic E-state index is 0.133. The topological polar surface area (TPSA) is 114 Å². The summed E-state index contributed by atoms with van der Waals surface area (Å²) in [5.41, 5.74) is 8.47.